The molecule has 0 bridgehead atoms. The predicted octanol–water partition coefficient (Wildman–Crippen LogP) is 5.94. The van der Waals surface area contributed by atoms with Crippen molar-refractivity contribution in [2.45, 2.75) is 13.5 Å². The summed E-state index contributed by atoms with van der Waals surface area (Å²) in [5.41, 5.74) is 4.22. The van der Waals surface area contributed by atoms with Crippen molar-refractivity contribution in [2.24, 2.45) is 0 Å². The quantitative estimate of drug-likeness (QED) is 0.295. The van der Waals surface area contributed by atoms with Crippen LogP contribution in [-0.2, 0) is 6.54 Å². The van der Waals surface area contributed by atoms with Crippen molar-refractivity contribution >= 4 is 28.3 Å². The summed E-state index contributed by atoms with van der Waals surface area (Å²) < 4.78 is 13.5. The van der Waals surface area contributed by atoms with Gasteiger partial charge < -0.3 is 13.7 Å². The van der Waals surface area contributed by atoms with Gasteiger partial charge in [0, 0.05) is 33.7 Å². The van der Waals surface area contributed by atoms with Crippen LogP contribution >= 0.6 is 11.6 Å². The second kappa shape index (κ2) is 8.56. The van der Waals surface area contributed by atoms with Gasteiger partial charge in [-0.3, -0.25) is 4.79 Å². The van der Waals surface area contributed by atoms with Crippen LogP contribution < -0.4 is 4.74 Å². The number of methoxy groups -OCH3 is 1. The molecule has 0 saturated heterocycles. The molecule has 33 heavy (non-hydrogen) atoms. The zero-order valence-electron chi connectivity index (χ0n) is 18.1. The van der Waals surface area contributed by atoms with Gasteiger partial charge in [0.15, 0.2) is 5.76 Å². The number of carbonyl (C=O) groups excluding carboxylic acids is 1. The summed E-state index contributed by atoms with van der Waals surface area (Å²) in [5, 5.41) is 9.16. The van der Waals surface area contributed by atoms with Gasteiger partial charge in [-0.2, -0.15) is 10.2 Å². The standard InChI is InChI=1S/C26H20ClN3O3/c1-16-25(26(31)24-10-9-23(33-24)18-11-12-28-29-14-18)21-13-20(32-2)7-8-22(21)30(16)15-17-3-5-19(27)6-4-17/h3-14H,15H2,1-2H3. The molecule has 3 aromatic heterocycles. The molecule has 7 heteroatoms. The summed E-state index contributed by atoms with van der Waals surface area (Å²) in [6.07, 6.45) is 3.18. The molecule has 164 valence electrons. The lowest BCUT2D eigenvalue weighted by Gasteiger charge is -2.09. The summed E-state index contributed by atoms with van der Waals surface area (Å²) in [4.78, 5) is 13.6. The van der Waals surface area contributed by atoms with Crippen LogP contribution in [0.1, 0.15) is 27.4 Å². The first kappa shape index (κ1) is 21.0. The molecule has 5 rings (SSSR count). The zero-order chi connectivity index (χ0) is 22.9. The Bertz CT molecular complexity index is 1450. The molecule has 6 nitrogen and oxygen atoms in total. The fourth-order valence-corrected chi connectivity index (χ4v) is 4.15. The smallest absolute Gasteiger partial charge is 0.230 e. The van der Waals surface area contributed by atoms with Gasteiger partial charge in [-0.1, -0.05) is 23.7 Å². The van der Waals surface area contributed by atoms with Crippen LogP contribution in [0, 0.1) is 6.92 Å². The van der Waals surface area contributed by atoms with Crippen LogP contribution in [0.15, 0.2) is 77.5 Å². The minimum absolute atomic E-state index is 0.186. The Morgan fingerprint density at radius 3 is 2.61 bits per heavy atom. The number of ether oxygens (including phenoxy) is 1. The lowest BCUT2D eigenvalue weighted by Crippen LogP contribution is -2.05. The number of furan rings is 1. The van der Waals surface area contributed by atoms with Gasteiger partial charge >= 0.3 is 0 Å². The van der Waals surface area contributed by atoms with Crippen molar-refractivity contribution in [1.82, 2.24) is 14.8 Å². The number of aromatic nitrogens is 3. The molecule has 0 aliphatic carbocycles. The Morgan fingerprint density at radius 1 is 1.06 bits per heavy atom. The van der Waals surface area contributed by atoms with E-state index in [9.17, 15) is 4.79 Å². The van der Waals surface area contributed by atoms with Crippen LogP contribution in [0.4, 0.5) is 0 Å². The molecule has 0 aliphatic rings. The summed E-state index contributed by atoms with van der Waals surface area (Å²) >= 11 is 6.05. The first-order valence-corrected chi connectivity index (χ1v) is 10.8. The topological polar surface area (TPSA) is 70.2 Å². The SMILES string of the molecule is COc1ccc2c(c1)c(C(=O)c1ccc(-c3ccnnc3)o1)c(C)n2Cc1ccc(Cl)cc1. The van der Waals surface area contributed by atoms with Gasteiger partial charge in [-0.15, -0.1) is 0 Å². The first-order valence-electron chi connectivity index (χ1n) is 10.4. The number of ketones is 1. The van der Waals surface area contributed by atoms with Crippen LogP contribution in [0.5, 0.6) is 5.75 Å². The molecule has 5 aromatic rings. The second-order valence-electron chi connectivity index (χ2n) is 7.68. The highest BCUT2D eigenvalue weighted by atomic mass is 35.5. The van der Waals surface area contributed by atoms with E-state index in [1.54, 1.807) is 37.7 Å². The molecule has 3 heterocycles. The van der Waals surface area contributed by atoms with E-state index < -0.39 is 0 Å². The van der Waals surface area contributed by atoms with Crippen LogP contribution in [0.25, 0.3) is 22.2 Å². The zero-order valence-corrected chi connectivity index (χ0v) is 18.8. The number of hydrogen-bond acceptors (Lipinski definition) is 5. The molecule has 0 spiro atoms. The van der Waals surface area contributed by atoms with E-state index in [0.717, 1.165) is 27.7 Å². The molecule has 0 atom stereocenters. The van der Waals surface area contributed by atoms with E-state index in [-0.39, 0.29) is 11.5 Å². The van der Waals surface area contributed by atoms with Gasteiger partial charge in [-0.05, 0) is 61.0 Å². The second-order valence-corrected chi connectivity index (χ2v) is 8.12. The molecule has 0 saturated carbocycles. The molecule has 0 radical (unpaired) electrons. The minimum Gasteiger partial charge on any atom is -0.497 e. The molecule has 0 amide bonds. The number of carbonyl (C=O) groups is 1. The van der Waals surface area contributed by atoms with Crippen molar-refractivity contribution in [3.05, 3.63) is 101 Å². The maximum atomic E-state index is 13.6. The molecule has 2 aromatic carbocycles. The number of benzene rings is 2. The lowest BCUT2D eigenvalue weighted by atomic mass is 10.0. The highest BCUT2D eigenvalue weighted by Crippen LogP contribution is 2.33. The Kier molecular flexibility index (Phi) is 5.44. The van der Waals surface area contributed by atoms with E-state index in [0.29, 0.717) is 28.6 Å². The van der Waals surface area contributed by atoms with Crippen LogP contribution in [0.3, 0.4) is 0 Å². The fraction of sp³-hybridized carbons (Fsp3) is 0.115. The molecule has 0 N–H and O–H groups in total. The normalized spacial score (nSPS) is 11.1. The van der Waals surface area contributed by atoms with E-state index in [1.165, 1.54) is 0 Å². The van der Waals surface area contributed by atoms with Crippen molar-refractivity contribution in [1.29, 1.82) is 0 Å². The Morgan fingerprint density at radius 2 is 1.88 bits per heavy atom. The summed E-state index contributed by atoms with van der Waals surface area (Å²) in [6.45, 7) is 2.55. The van der Waals surface area contributed by atoms with Crippen molar-refractivity contribution < 1.29 is 13.9 Å². The third kappa shape index (κ3) is 3.90. The summed E-state index contributed by atoms with van der Waals surface area (Å²) in [6, 6.07) is 18.7. The van der Waals surface area contributed by atoms with Gasteiger partial charge in [0.1, 0.15) is 11.5 Å². The number of halogens is 1. The summed E-state index contributed by atoms with van der Waals surface area (Å²) in [7, 11) is 1.61. The van der Waals surface area contributed by atoms with E-state index in [4.69, 9.17) is 20.8 Å². The van der Waals surface area contributed by atoms with E-state index in [2.05, 4.69) is 14.8 Å². The van der Waals surface area contributed by atoms with Crippen LogP contribution in [-0.4, -0.2) is 27.7 Å². The van der Waals surface area contributed by atoms with Crippen molar-refractivity contribution in [2.75, 3.05) is 7.11 Å². The van der Waals surface area contributed by atoms with Crippen molar-refractivity contribution in [3.63, 3.8) is 0 Å². The minimum atomic E-state index is -0.186. The molecule has 0 unspecified atom stereocenters. The molecular weight excluding hydrogens is 438 g/mol. The molecule has 0 aliphatic heterocycles. The lowest BCUT2D eigenvalue weighted by molar-refractivity contribution is 0.101. The molecule has 0 fully saturated rings. The third-order valence-electron chi connectivity index (χ3n) is 5.71. The largest absolute Gasteiger partial charge is 0.497 e. The number of hydrogen-bond donors (Lipinski definition) is 0. The number of fused-ring (bicyclic) bond motifs is 1. The summed E-state index contributed by atoms with van der Waals surface area (Å²) in [5.74, 6) is 1.32. The van der Waals surface area contributed by atoms with Crippen LogP contribution in [0.2, 0.25) is 5.02 Å². The van der Waals surface area contributed by atoms with Crippen molar-refractivity contribution in [3.8, 4) is 17.1 Å². The van der Waals surface area contributed by atoms with Gasteiger partial charge in [0.25, 0.3) is 0 Å². The first-order chi connectivity index (χ1) is 16.0. The number of rotatable bonds is 6. The monoisotopic (exact) mass is 457 g/mol. The Balaban J connectivity index is 1.61. The van der Waals surface area contributed by atoms with Gasteiger partial charge in [0.2, 0.25) is 5.78 Å². The maximum absolute atomic E-state index is 13.6. The highest BCUT2D eigenvalue weighted by molar-refractivity contribution is 6.30. The predicted molar refractivity (Wildman–Crippen MR) is 127 cm³/mol. The maximum Gasteiger partial charge on any atom is 0.230 e. The third-order valence-corrected chi connectivity index (χ3v) is 5.96. The Hall–Kier alpha value is -3.90. The van der Waals surface area contributed by atoms with E-state index in [1.807, 2.05) is 49.4 Å². The fourth-order valence-electron chi connectivity index (χ4n) is 4.03. The van der Waals surface area contributed by atoms with E-state index >= 15 is 0 Å². The Labute approximate surface area is 195 Å². The highest BCUT2D eigenvalue weighted by Gasteiger charge is 2.24. The van der Waals surface area contributed by atoms with Gasteiger partial charge in [-0.25, -0.2) is 0 Å². The average Bonchev–Trinajstić information content (AvgIpc) is 3.44. The number of nitrogens with zero attached hydrogens (tertiary/aromatic N) is 3. The average molecular weight is 458 g/mol. The van der Waals surface area contributed by atoms with Gasteiger partial charge in [0.05, 0.1) is 25.1 Å². The molecular formula is C26H20ClN3O3.